The third kappa shape index (κ3) is 4.57. The number of anilines is 1. The second-order valence-electron chi connectivity index (χ2n) is 6.19. The molecule has 0 aliphatic carbocycles. The van der Waals surface area contributed by atoms with Crippen molar-refractivity contribution in [1.82, 2.24) is 9.88 Å². The van der Waals surface area contributed by atoms with Gasteiger partial charge in [-0.1, -0.05) is 17.4 Å². The lowest BCUT2D eigenvalue weighted by atomic mass is 10.1. The van der Waals surface area contributed by atoms with E-state index in [-0.39, 0.29) is 19.0 Å². The lowest BCUT2D eigenvalue weighted by molar-refractivity contribution is 0.0977. The number of carbonyl (C=O) groups excluding carboxylic acids is 1. The zero-order valence-electron chi connectivity index (χ0n) is 15.6. The molecule has 1 heterocycles. The summed E-state index contributed by atoms with van der Waals surface area (Å²) in [5.74, 6) is -1.86. The summed E-state index contributed by atoms with van der Waals surface area (Å²) in [5.41, 5.74) is 0.112. The molecule has 0 N–H and O–H groups in total. The molecule has 9 heteroatoms. The second-order valence-corrected chi connectivity index (χ2v) is 7.20. The standard InChI is InChI=1S/C19H19F2N3O2S.ClH/c1-23(2)9-10-24(18(25)17-13(20)5-4-6-14(17)21)19-22-15-8-7-12(26-3)11-16(15)27-19;/h4-8,11H,9-10H2,1-3H3;1H. The first-order valence-electron chi connectivity index (χ1n) is 8.26. The maximum atomic E-state index is 14.1. The monoisotopic (exact) mass is 427 g/mol. The Labute approximate surface area is 171 Å². The largest absolute Gasteiger partial charge is 0.497 e. The molecule has 0 radical (unpaired) electrons. The molecule has 1 amide bonds. The fraction of sp³-hybridized carbons (Fsp3) is 0.263. The van der Waals surface area contributed by atoms with E-state index in [0.29, 0.717) is 22.9 Å². The number of hydrogen-bond acceptors (Lipinski definition) is 5. The van der Waals surface area contributed by atoms with Gasteiger partial charge in [0.1, 0.15) is 22.9 Å². The van der Waals surface area contributed by atoms with Gasteiger partial charge in [-0.2, -0.15) is 0 Å². The van der Waals surface area contributed by atoms with Crippen molar-refractivity contribution in [3.05, 3.63) is 53.6 Å². The number of carbonyl (C=O) groups is 1. The fourth-order valence-corrected chi connectivity index (χ4v) is 3.57. The van der Waals surface area contributed by atoms with E-state index in [4.69, 9.17) is 4.74 Å². The zero-order chi connectivity index (χ0) is 19.6. The van der Waals surface area contributed by atoms with Gasteiger partial charge in [0.05, 0.1) is 17.3 Å². The minimum absolute atomic E-state index is 0. The Morgan fingerprint density at radius 1 is 1.14 bits per heavy atom. The van der Waals surface area contributed by atoms with Crippen molar-refractivity contribution in [2.75, 3.05) is 39.2 Å². The topological polar surface area (TPSA) is 45.7 Å². The molecule has 2 aromatic carbocycles. The fourth-order valence-electron chi connectivity index (χ4n) is 2.56. The quantitative estimate of drug-likeness (QED) is 0.591. The van der Waals surface area contributed by atoms with Crippen molar-refractivity contribution in [1.29, 1.82) is 0 Å². The van der Waals surface area contributed by atoms with Crippen LogP contribution in [0.4, 0.5) is 13.9 Å². The molecule has 1 aromatic heterocycles. The van der Waals surface area contributed by atoms with Gasteiger partial charge in [0.2, 0.25) is 0 Å². The van der Waals surface area contributed by atoms with Crippen molar-refractivity contribution in [2.45, 2.75) is 0 Å². The van der Waals surface area contributed by atoms with Gasteiger partial charge in [-0.3, -0.25) is 9.69 Å². The third-order valence-electron chi connectivity index (χ3n) is 4.01. The lowest BCUT2D eigenvalue weighted by Crippen LogP contribution is -2.37. The van der Waals surface area contributed by atoms with Crippen LogP contribution in [0.1, 0.15) is 10.4 Å². The number of aromatic nitrogens is 1. The molecule has 0 saturated carbocycles. The minimum Gasteiger partial charge on any atom is -0.497 e. The van der Waals surface area contributed by atoms with Gasteiger partial charge >= 0.3 is 0 Å². The van der Waals surface area contributed by atoms with Gasteiger partial charge in [0.15, 0.2) is 5.13 Å². The highest BCUT2D eigenvalue weighted by atomic mass is 35.5. The summed E-state index contributed by atoms with van der Waals surface area (Å²) < 4.78 is 34.3. The van der Waals surface area contributed by atoms with Crippen molar-refractivity contribution in [3.8, 4) is 5.75 Å². The molecular formula is C19H20ClF2N3O2S. The molecular weight excluding hydrogens is 408 g/mol. The van der Waals surface area contributed by atoms with Gasteiger partial charge in [-0.15, -0.1) is 12.4 Å². The van der Waals surface area contributed by atoms with Crippen LogP contribution in [0, 0.1) is 11.6 Å². The summed E-state index contributed by atoms with van der Waals surface area (Å²) in [4.78, 5) is 20.6. The molecule has 5 nitrogen and oxygen atoms in total. The van der Waals surface area contributed by atoms with Crippen LogP contribution in [0.3, 0.4) is 0 Å². The first kappa shape index (κ1) is 22.0. The molecule has 0 aliphatic rings. The van der Waals surface area contributed by atoms with Crippen LogP contribution in [-0.2, 0) is 0 Å². The maximum Gasteiger partial charge on any atom is 0.266 e. The Kier molecular flexibility index (Phi) is 7.29. The Morgan fingerprint density at radius 3 is 2.43 bits per heavy atom. The molecule has 3 rings (SSSR count). The molecule has 150 valence electrons. The number of hydrogen-bond donors (Lipinski definition) is 0. The van der Waals surface area contributed by atoms with Crippen LogP contribution < -0.4 is 9.64 Å². The molecule has 0 fully saturated rings. The van der Waals surface area contributed by atoms with E-state index in [2.05, 4.69) is 4.98 Å². The smallest absolute Gasteiger partial charge is 0.266 e. The van der Waals surface area contributed by atoms with Crippen LogP contribution in [0.25, 0.3) is 10.2 Å². The van der Waals surface area contributed by atoms with Crippen LogP contribution >= 0.6 is 23.7 Å². The van der Waals surface area contributed by atoms with E-state index in [1.807, 2.05) is 25.1 Å². The predicted molar refractivity (Wildman–Crippen MR) is 110 cm³/mol. The number of nitrogens with zero attached hydrogens (tertiary/aromatic N) is 3. The summed E-state index contributed by atoms with van der Waals surface area (Å²) in [7, 11) is 5.28. The molecule has 0 spiro atoms. The van der Waals surface area contributed by atoms with Crippen LogP contribution in [0.5, 0.6) is 5.75 Å². The average Bonchev–Trinajstić information content (AvgIpc) is 3.04. The molecule has 0 unspecified atom stereocenters. The molecule has 3 aromatic rings. The van der Waals surface area contributed by atoms with Gasteiger partial charge < -0.3 is 9.64 Å². The van der Waals surface area contributed by atoms with Crippen LogP contribution in [0.2, 0.25) is 0 Å². The summed E-state index contributed by atoms with van der Waals surface area (Å²) in [6.45, 7) is 0.762. The SMILES string of the molecule is COc1ccc2nc(N(CCN(C)C)C(=O)c3c(F)cccc3F)sc2c1.Cl. The summed E-state index contributed by atoms with van der Waals surface area (Å²) in [6, 6.07) is 8.75. The van der Waals surface area contributed by atoms with E-state index in [0.717, 1.165) is 16.8 Å². The number of methoxy groups -OCH3 is 1. The maximum absolute atomic E-state index is 14.1. The number of amides is 1. The number of thiazole rings is 1. The Morgan fingerprint density at radius 2 is 1.82 bits per heavy atom. The number of likely N-dealkylation sites (N-methyl/N-ethyl adjacent to an activating group) is 1. The van der Waals surface area contributed by atoms with Crippen molar-refractivity contribution in [2.24, 2.45) is 0 Å². The van der Waals surface area contributed by atoms with E-state index in [9.17, 15) is 13.6 Å². The van der Waals surface area contributed by atoms with E-state index >= 15 is 0 Å². The molecule has 0 atom stereocenters. The first-order valence-corrected chi connectivity index (χ1v) is 9.07. The number of halogens is 3. The zero-order valence-corrected chi connectivity index (χ0v) is 17.2. The highest BCUT2D eigenvalue weighted by Gasteiger charge is 2.26. The molecule has 28 heavy (non-hydrogen) atoms. The van der Waals surface area contributed by atoms with Crippen molar-refractivity contribution >= 4 is 45.0 Å². The third-order valence-corrected chi connectivity index (χ3v) is 5.05. The van der Waals surface area contributed by atoms with E-state index < -0.39 is 23.1 Å². The van der Waals surface area contributed by atoms with Crippen molar-refractivity contribution in [3.63, 3.8) is 0 Å². The van der Waals surface area contributed by atoms with Crippen molar-refractivity contribution < 1.29 is 18.3 Å². The highest BCUT2D eigenvalue weighted by molar-refractivity contribution is 7.22. The van der Waals surface area contributed by atoms with Gasteiger partial charge in [-0.05, 0) is 44.4 Å². The Bertz CT molecular complexity index is 961. The average molecular weight is 428 g/mol. The highest BCUT2D eigenvalue weighted by Crippen LogP contribution is 2.32. The summed E-state index contributed by atoms with van der Waals surface area (Å²) in [6.07, 6.45) is 0. The molecule has 0 saturated heterocycles. The minimum atomic E-state index is -0.891. The van der Waals surface area contributed by atoms with Gasteiger partial charge in [0.25, 0.3) is 5.91 Å². The lowest BCUT2D eigenvalue weighted by Gasteiger charge is -2.22. The predicted octanol–water partition coefficient (Wildman–Crippen LogP) is 4.21. The number of benzene rings is 2. The van der Waals surface area contributed by atoms with Gasteiger partial charge in [0, 0.05) is 13.1 Å². The van der Waals surface area contributed by atoms with E-state index in [1.165, 1.54) is 22.3 Å². The van der Waals surface area contributed by atoms with Gasteiger partial charge in [-0.25, -0.2) is 13.8 Å². The molecule has 0 bridgehead atoms. The Hall–Kier alpha value is -2.29. The van der Waals surface area contributed by atoms with Crippen LogP contribution in [-0.4, -0.2) is 50.1 Å². The summed E-state index contributed by atoms with van der Waals surface area (Å²) in [5, 5.41) is 0.382. The first-order chi connectivity index (χ1) is 12.9. The number of rotatable bonds is 6. The number of ether oxygens (including phenoxy) is 1. The second kappa shape index (κ2) is 9.27. The molecule has 0 aliphatic heterocycles. The number of fused-ring (bicyclic) bond motifs is 1. The Balaban J connectivity index is 0.00000280. The van der Waals surface area contributed by atoms with E-state index in [1.54, 1.807) is 19.2 Å². The normalized spacial score (nSPS) is 10.8. The van der Waals surface area contributed by atoms with Crippen LogP contribution in [0.15, 0.2) is 36.4 Å². The summed E-state index contributed by atoms with van der Waals surface area (Å²) >= 11 is 1.27.